The first kappa shape index (κ1) is 23.9. The number of halogens is 5. The predicted octanol–water partition coefficient (Wildman–Crippen LogP) is 5.07. The molecule has 180 valence electrons. The van der Waals surface area contributed by atoms with Gasteiger partial charge in [-0.25, -0.2) is 18.0 Å². The monoisotopic (exact) mass is 491 g/mol. The van der Waals surface area contributed by atoms with Gasteiger partial charge in [-0.15, -0.1) is 0 Å². The smallest absolute Gasteiger partial charge is 0.352 e. The van der Waals surface area contributed by atoms with E-state index in [1.165, 1.54) is 31.3 Å². The highest BCUT2D eigenvalue weighted by molar-refractivity contribution is 6.14. The molecule has 4 rings (SSSR count). The summed E-state index contributed by atoms with van der Waals surface area (Å²) < 4.78 is 83.1. The minimum Gasteiger partial charge on any atom is -0.473 e. The highest BCUT2D eigenvalue weighted by atomic mass is 19.2. The fourth-order valence-corrected chi connectivity index (χ4v) is 3.18. The normalized spacial score (nSPS) is 14.5. The van der Waals surface area contributed by atoms with Gasteiger partial charge in [-0.05, 0) is 38.1 Å². The van der Waals surface area contributed by atoms with E-state index >= 15 is 0 Å². The summed E-state index contributed by atoms with van der Waals surface area (Å²) in [4.78, 5) is 29.1. The van der Waals surface area contributed by atoms with E-state index in [4.69, 9.17) is 9.47 Å². The molecule has 0 spiro atoms. The van der Waals surface area contributed by atoms with Crippen molar-refractivity contribution in [1.29, 1.82) is 0 Å². The lowest BCUT2D eigenvalue weighted by atomic mass is 10.1. The van der Waals surface area contributed by atoms with Crippen LogP contribution in [0, 0.1) is 36.0 Å². The molecule has 1 aliphatic rings. The summed E-state index contributed by atoms with van der Waals surface area (Å²) in [6.07, 6.45) is 1.21. The zero-order valence-corrected chi connectivity index (χ0v) is 18.0. The first-order valence-electron chi connectivity index (χ1n) is 9.98. The molecule has 11 heteroatoms. The minimum atomic E-state index is -2.36. The third kappa shape index (κ3) is 4.32. The van der Waals surface area contributed by atoms with E-state index in [9.17, 15) is 31.5 Å². The molecule has 6 nitrogen and oxygen atoms in total. The average Bonchev–Trinajstić information content (AvgIpc) is 3.17. The Morgan fingerprint density at radius 1 is 1.00 bits per heavy atom. The highest BCUT2D eigenvalue weighted by Crippen LogP contribution is 2.39. The minimum absolute atomic E-state index is 0.00621. The zero-order valence-electron chi connectivity index (χ0n) is 18.0. The molecule has 0 N–H and O–H groups in total. The van der Waals surface area contributed by atoms with Crippen LogP contribution < -0.4 is 14.2 Å². The molecule has 1 unspecified atom stereocenters. The number of ketones is 1. The fraction of sp³-hybridized carbons (Fsp3) is 0.125. The van der Waals surface area contributed by atoms with Crippen molar-refractivity contribution in [3.05, 3.63) is 88.2 Å². The molecule has 0 radical (unpaired) electrons. The van der Waals surface area contributed by atoms with Crippen molar-refractivity contribution in [2.24, 2.45) is 0 Å². The second kappa shape index (κ2) is 9.16. The Morgan fingerprint density at radius 3 is 2.29 bits per heavy atom. The van der Waals surface area contributed by atoms with Gasteiger partial charge in [-0.3, -0.25) is 9.78 Å². The molecule has 35 heavy (non-hydrogen) atoms. The molecule has 2 heterocycles. The Balaban J connectivity index is 1.54. The molecule has 0 fully saturated rings. The molecule has 0 bridgehead atoms. The van der Waals surface area contributed by atoms with E-state index in [0.29, 0.717) is 5.69 Å². The number of ether oxygens (including phenoxy) is 3. The molecule has 0 saturated heterocycles. The SMILES string of the molecule is Cc1c(OC(=O)C(C)Oc2c(F)c(F)c(F)c(F)c2F)ccc2c1O/C(=C\c1ccccn1)C2=O. The molecule has 1 atom stereocenters. The van der Waals surface area contributed by atoms with Gasteiger partial charge in [0.2, 0.25) is 34.9 Å². The average molecular weight is 491 g/mol. The van der Waals surface area contributed by atoms with E-state index in [1.54, 1.807) is 18.2 Å². The van der Waals surface area contributed by atoms with Crippen LogP contribution in [0.1, 0.15) is 28.5 Å². The van der Waals surface area contributed by atoms with Gasteiger partial charge < -0.3 is 14.2 Å². The number of benzene rings is 2. The van der Waals surface area contributed by atoms with E-state index in [1.807, 2.05) is 0 Å². The number of hydrogen-bond acceptors (Lipinski definition) is 6. The van der Waals surface area contributed by atoms with Crippen LogP contribution in [0.5, 0.6) is 17.2 Å². The molecule has 0 saturated carbocycles. The third-order valence-corrected chi connectivity index (χ3v) is 5.01. The maximum Gasteiger partial charge on any atom is 0.352 e. The van der Waals surface area contributed by atoms with E-state index in [2.05, 4.69) is 9.72 Å². The molecular formula is C24H14F5NO5. The van der Waals surface area contributed by atoms with Gasteiger partial charge in [0.1, 0.15) is 11.5 Å². The lowest BCUT2D eigenvalue weighted by molar-refractivity contribution is -0.141. The number of allylic oxidation sites excluding steroid dienone is 1. The maximum absolute atomic E-state index is 13.8. The van der Waals surface area contributed by atoms with E-state index in [-0.39, 0.29) is 28.4 Å². The second-order valence-electron chi connectivity index (χ2n) is 7.34. The Hall–Kier alpha value is -4.28. The topological polar surface area (TPSA) is 74.7 Å². The van der Waals surface area contributed by atoms with Crippen LogP contribution in [0.25, 0.3) is 6.08 Å². The molecule has 2 aromatic carbocycles. The summed E-state index contributed by atoms with van der Waals surface area (Å²) in [6, 6.07) is 7.74. The number of fused-ring (bicyclic) bond motifs is 1. The van der Waals surface area contributed by atoms with Crippen molar-refractivity contribution in [3.63, 3.8) is 0 Å². The number of pyridine rings is 1. The van der Waals surface area contributed by atoms with Gasteiger partial charge in [0, 0.05) is 17.8 Å². The van der Waals surface area contributed by atoms with Crippen LogP contribution >= 0.6 is 0 Å². The number of carbonyl (C=O) groups excluding carboxylic acids is 2. The Labute approximate surface area is 194 Å². The maximum atomic E-state index is 13.8. The molecular weight excluding hydrogens is 477 g/mol. The lowest BCUT2D eigenvalue weighted by Crippen LogP contribution is -2.29. The van der Waals surface area contributed by atoms with Crippen LogP contribution in [0.2, 0.25) is 0 Å². The highest BCUT2D eigenvalue weighted by Gasteiger charge is 2.32. The molecule has 1 aromatic heterocycles. The van der Waals surface area contributed by atoms with Gasteiger partial charge in [-0.2, -0.15) is 8.78 Å². The number of esters is 1. The molecule has 0 amide bonds. The molecule has 0 aliphatic carbocycles. The number of carbonyl (C=O) groups is 2. The summed E-state index contributed by atoms with van der Waals surface area (Å²) >= 11 is 0. The van der Waals surface area contributed by atoms with Crippen molar-refractivity contribution in [3.8, 4) is 17.2 Å². The third-order valence-electron chi connectivity index (χ3n) is 5.01. The van der Waals surface area contributed by atoms with Crippen LogP contribution in [-0.4, -0.2) is 22.8 Å². The lowest BCUT2D eigenvalue weighted by Gasteiger charge is -2.16. The Bertz CT molecular complexity index is 1360. The fourth-order valence-electron chi connectivity index (χ4n) is 3.18. The van der Waals surface area contributed by atoms with Crippen molar-refractivity contribution >= 4 is 17.8 Å². The zero-order chi connectivity index (χ0) is 25.4. The standard InChI is InChI=1S/C24H14F5NO5/c1-10-14(7-6-13-21(31)15(34-22(10)13)9-12-5-3-4-8-30-12)35-24(32)11(2)33-23-19(28)17(26)16(25)18(27)20(23)29/h3-9,11H,1-2H3/b15-9-. The largest absolute Gasteiger partial charge is 0.473 e. The van der Waals surface area contributed by atoms with E-state index in [0.717, 1.165) is 6.92 Å². The second-order valence-corrected chi connectivity index (χ2v) is 7.34. The summed E-state index contributed by atoms with van der Waals surface area (Å²) in [6.45, 7) is 2.49. The van der Waals surface area contributed by atoms with Crippen molar-refractivity contribution < 1.29 is 45.8 Å². The molecule has 1 aliphatic heterocycles. The van der Waals surface area contributed by atoms with Gasteiger partial charge in [0.05, 0.1) is 11.3 Å². The van der Waals surface area contributed by atoms with Crippen molar-refractivity contribution in [2.75, 3.05) is 0 Å². The van der Waals surface area contributed by atoms with Gasteiger partial charge in [0.25, 0.3) is 0 Å². The summed E-state index contributed by atoms with van der Waals surface area (Å²) in [7, 11) is 0. The Morgan fingerprint density at radius 2 is 1.66 bits per heavy atom. The van der Waals surface area contributed by atoms with Crippen LogP contribution in [0.3, 0.4) is 0 Å². The van der Waals surface area contributed by atoms with Crippen LogP contribution in [0.15, 0.2) is 42.3 Å². The first-order valence-corrected chi connectivity index (χ1v) is 9.98. The van der Waals surface area contributed by atoms with Crippen molar-refractivity contribution in [2.45, 2.75) is 20.0 Å². The first-order chi connectivity index (χ1) is 16.6. The van der Waals surface area contributed by atoms with Crippen molar-refractivity contribution in [1.82, 2.24) is 4.98 Å². The van der Waals surface area contributed by atoms with Gasteiger partial charge in [-0.1, -0.05) is 6.07 Å². The van der Waals surface area contributed by atoms with Gasteiger partial charge >= 0.3 is 5.97 Å². The number of hydrogen-bond donors (Lipinski definition) is 0. The predicted molar refractivity (Wildman–Crippen MR) is 110 cm³/mol. The number of Topliss-reactive ketones (excluding diaryl/α,β-unsaturated/α-hetero) is 1. The quantitative estimate of drug-likeness (QED) is 0.124. The number of nitrogens with zero attached hydrogens (tertiary/aromatic N) is 1. The summed E-state index contributed by atoms with van der Waals surface area (Å²) in [5.41, 5.74) is 0.930. The number of aromatic nitrogens is 1. The van der Waals surface area contributed by atoms with E-state index < -0.39 is 52.7 Å². The number of rotatable bonds is 5. The van der Waals surface area contributed by atoms with Crippen LogP contribution in [0.4, 0.5) is 22.0 Å². The summed E-state index contributed by atoms with van der Waals surface area (Å²) in [5, 5.41) is 0. The molecule has 3 aromatic rings. The Kier molecular flexibility index (Phi) is 6.25. The van der Waals surface area contributed by atoms with Gasteiger partial charge in [0.15, 0.2) is 17.6 Å². The van der Waals surface area contributed by atoms with Crippen LogP contribution in [-0.2, 0) is 4.79 Å². The summed E-state index contributed by atoms with van der Waals surface area (Å²) in [5.74, 6) is -14.5.